The van der Waals surface area contributed by atoms with Crippen LogP contribution in [0.2, 0.25) is 5.02 Å². The van der Waals surface area contributed by atoms with Gasteiger partial charge in [0.25, 0.3) is 0 Å². The molecule has 212 valence electrons. The largest absolute Gasteiger partial charge is 0.444 e. The van der Waals surface area contributed by atoms with Crippen molar-refractivity contribution in [1.82, 2.24) is 24.5 Å². The van der Waals surface area contributed by atoms with Crippen molar-refractivity contribution in [2.45, 2.75) is 64.4 Å². The zero-order valence-electron chi connectivity index (χ0n) is 22.3. The van der Waals surface area contributed by atoms with Gasteiger partial charge in [0.15, 0.2) is 0 Å². The molecule has 1 spiro atoms. The molecule has 2 aliphatic rings. The number of alkyl halides is 3. The average Bonchev–Trinajstić information content (AvgIpc) is 3.53. The number of nitriles is 1. The molecular formula is C27H29ClF3N7O2. The Morgan fingerprint density at radius 2 is 2.00 bits per heavy atom. The molecule has 0 atom stereocenters. The van der Waals surface area contributed by atoms with Gasteiger partial charge in [-0.05, 0) is 69.2 Å². The number of aromatic nitrogens is 4. The molecule has 5 rings (SSSR count). The van der Waals surface area contributed by atoms with E-state index in [4.69, 9.17) is 22.1 Å². The molecule has 2 N–H and O–H groups in total. The lowest BCUT2D eigenvalue weighted by atomic mass is 9.65. The van der Waals surface area contributed by atoms with Gasteiger partial charge in [-0.15, -0.1) is 0 Å². The lowest BCUT2D eigenvalue weighted by molar-refractivity contribution is -0.137. The number of amides is 1. The van der Waals surface area contributed by atoms with Crippen molar-refractivity contribution in [3.8, 4) is 17.3 Å². The number of carbonyl (C=O) groups excluding carboxylic acids is 1. The third kappa shape index (κ3) is 5.47. The predicted molar refractivity (Wildman–Crippen MR) is 141 cm³/mol. The van der Waals surface area contributed by atoms with Crippen LogP contribution in [0.1, 0.15) is 62.8 Å². The summed E-state index contributed by atoms with van der Waals surface area (Å²) >= 11 is 5.91. The van der Waals surface area contributed by atoms with E-state index in [1.165, 1.54) is 16.9 Å². The number of likely N-dealkylation sites (tertiary alicyclic amines) is 1. The van der Waals surface area contributed by atoms with Crippen LogP contribution >= 0.6 is 11.6 Å². The number of ether oxygens (including phenoxy) is 1. The van der Waals surface area contributed by atoms with E-state index in [0.717, 1.165) is 31.4 Å². The molecule has 0 unspecified atom stereocenters. The number of benzene rings is 1. The summed E-state index contributed by atoms with van der Waals surface area (Å²) in [4.78, 5) is 14.2. The van der Waals surface area contributed by atoms with E-state index in [1.54, 1.807) is 15.8 Å². The van der Waals surface area contributed by atoms with E-state index in [2.05, 4.69) is 16.3 Å². The molecule has 1 aliphatic heterocycles. The van der Waals surface area contributed by atoms with Crippen molar-refractivity contribution in [1.29, 1.82) is 5.26 Å². The van der Waals surface area contributed by atoms with Gasteiger partial charge in [-0.2, -0.15) is 28.6 Å². The monoisotopic (exact) mass is 575 g/mol. The van der Waals surface area contributed by atoms with Gasteiger partial charge in [0.1, 0.15) is 28.7 Å². The molecule has 1 saturated carbocycles. The molecule has 1 saturated heterocycles. The first kappa shape index (κ1) is 27.8. The maximum absolute atomic E-state index is 13.2. The van der Waals surface area contributed by atoms with Crippen LogP contribution in [0.15, 0.2) is 30.6 Å². The Balaban J connectivity index is 1.30. The van der Waals surface area contributed by atoms with E-state index in [9.17, 15) is 23.2 Å². The van der Waals surface area contributed by atoms with Crippen LogP contribution in [-0.4, -0.2) is 49.2 Å². The zero-order chi connectivity index (χ0) is 29.0. The molecule has 1 amide bonds. The quantitative estimate of drug-likeness (QED) is 0.415. The van der Waals surface area contributed by atoms with E-state index < -0.39 is 17.3 Å². The number of rotatable bonds is 4. The van der Waals surface area contributed by atoms with Gasteiger partial charge in [-0.3, -0.25) is 4.68 Å². The summed E-state index contributed by atoms with van der Waals surface area (Å²) in [7, 11) is 0. The summed E-state index contributed by atoms with van der Waals surface area (Å²) in [5.74, 6) is 0.247. The Hall–Kier alpha value is -3.72. The summed E-state index contributed by atoms with van der Waals surface area (Å²) in [5, 5.41) is 18.7. The zero-order valence-corrected chi connectivity index (χ0v) is 23.1. The summed E-state index contributed by atoms with van der Waals surface area (Å²) in [6.45, 7) is 6.79. The topological polar surface area (TPSA) is 115 Å². The van der Waals surface area contributed by atoms with Crippen LogP contribution in [0, 0.1) is 16.7 Å². The molecule has 40 heavy (non-hydrogen) atoms. The Morgan fingerprint density at radius 1 is 1.27 bits per heavy atom. The highest BCUT2D eigenvalue weighted by Gasteiger charge is 2.51. The molecule has 2 aromatic heterocycles. The molecule has 3 heterocycles. The van der Waals surface area contributed by atoms with Gasteiger partial charge in [-0.1, -0.05) is 11.6 Å². The minimum atomic E-state index is -4.52. The molecule has 1 aliphatic carbocycles. The van der Waals surface area contributed by atoms with Crippen molar-refractivity contribution < 1.29 is 22.7 Å². The van der Waals surface area contributed by atoms with Gasteiger partial charge < -0.3 is 15.4 Å². The van der Waals surface area contributed by atoms with Gasteiger partial charge in [0.2, 0.25) is 0 Å². The van der Waals surface area contributed by atoms with Gasteiger partial charge in [0, 0.05) is 29.9 Å². The first-order valence-electron chi connectivity index (χ1n) is 12.8. The molecule has 2 fully saturated rings. The van der Waals surface area contributed by atoms with Gasteiger partial charge in [0.05, 0.1) is 24.3 Å². The van der Waals surface area contributed by atoms with Gasteiger partial charge >= 0.3 is 12.3 Å². The molecule has 3 aromatic rings. The first-order chi connectivity index (χ1) is 18.7. The highest BCUT2D eigenvalue weighted by atomic mass is 35.5. The van der Waals surface area contributed by atoms with Crippen LogP contribution in [0.3, 0.4) is 0 Å². The molecule has 1 aromatic carbocycles. The minimum absolute atomic E-state index is 0.0229. The van der Waals surface area contributed by atoms with Crippen LogP contribution in [-0.2, 0) is 17.5 Å². The number of nitrogens with two attached hydrogens (primary N) is 1. The second-order valence-electron chi connectivity index (χ2n) is 11.7. The van der Waals surface area contributed by atoms with Crippen LogP contribution in [0.5, 0.6) is 0 Å². The summed E-state index contributed by atoms with van der Waals surface area (Å²) in [6, 6.07) is 5.45. The van der Waals surface area contributed by atoms with Crippen LogP contribution in [0.25, 0.3) is 11.3 Å². The SMILES string of the molecule is CC(C)(C)OC(=O)N1CC[C@]2(C1)C[C@H](n1nc(-c3cnn(Cc4cc(Cl)cc(C(F)(F)F)c4)c3)c(C#N)c1N)C2. The van der Waals surface area contributed by atoms with E-state index in [-0.39, 0.29) is 40.5 Å². The maximum Gasteiger partial charge on any atom is 0.416 e. The first-order valence-corrected chi connectivity index (χ1v) is 13.2. The fraction of sp³-hybridized carbons (Fsp3) is 0.481. The molecule has 13 heteroatoms. The number of hydrogen-bond donors (Lipinski definition) is 1. The number of anilines is 1. The fourth-order valence-electron chi connectivity index (χ4n) is 5.57. The van der Waals surface area contributed by atoms with E-state index in [1.807, 2.05) is 20.8 Å². The minimum Gasteiger partial charge on any atom is -0.444 e. The third-order valence-corrected chi connectivity index (χ3v) is 7.59. The van der Waals surface area contributed by atoms with E-state index in [0.29, 0.717) is 29.9 Å². The molecule has 0 radical (unpaired) electrons. The highest BCUT2D eigenvalue weighted by molar-refractivity contribution is 6.30. The summed E-state index contributed by atoms with van der Waals surface area (Å²) < 4.78 is 48.2. The lowest BCUT2D eigenvalue weighted by Gasteiger charge is -2.45. The lowest BCUT2D eigenvalue weighted by Crippen LogP contribution is -2.43. The Bertz CT molecular complexity index is 1490. The number of halogens is 4. The summed E-state index contributed by atoms with van der Waals surface area (Å²) in [6.07, 6.45) is 0.654. The van der Waals surface area contributed by atoms with Crippen LogP contribution < -0.4 is 5.73 Å². The van der Waals surface area contributed by atoms with Crippen molar-refractivity contribution >= 4 is 23.5 Å². The van der Waals surface area contributed by atoms with Crippen molar-refractivity contribution in [2.24, 2.45) is 5.41 Å². The van der Waals surface area contributed by atoms with Gasteiger partial charge in [-0.25, -0.2) is 9.48 Å². The Morgan fingerprint density at radius 3 is 2.65 bits per heavy atom. The maximum atomic E-state index is 13.2. The van der Waals surface area contributed by atoms with E-state index >= 15 is 0 Å². The third-order valence-electron chi connectivity index (χ3n) is 7.37. The van der Waals surface area contributed by atoms with Crippen molar-refractivity contribution in [3.05, 3.63) is 52.3 Å². The highest BCUT2D eigenvalue weighted by Crippen LogP contribution is 2.55. The normalized spacial score (nSPS) is 20.9. The molecule has 0 bridgehead atoms. The second-order valence-corrected chi connectivity index (χ2v) is 12.1. The predicted octanol–water partition coefficient (Wildman–Crippen LogP) is 5.88. The van der Waals surface area contributed by atoms with Crippen molar-refractivity contribution in [2.75, 3.05) is 18.8 Å². The number of nitrogens with zero attached hydrogens (tertiary/aromatic N) is 6. The van der Waals surface area contributed by atoms with Crippen molar-refractivity contribution in [3.63, 3.8) is 0 Å². The molecule has 9 nitrogen and oxygen atoms in total. The standard InChI is InChI=1S/C27H29ClF3N7O2/c1-25(2,3)40-24(39)36-5-4-26(15-36)9-20(10-26)38-23(33)21(11-32)22(35-38)17-12-34-37(14-17)13-16-6-18(27(29,30)31)8-19(28)7-16/h6-8,12,14,20H,4-5,9-10,13,15,33H2,1-3H3/t20-,26-. The fourth-order valence-corrected chi connectivity index (χ4v) is 5.82. The Kier molecular flexibility index (Phi) is 6.77. The number of carbonyl (C=O) groups is 1. The Labute approximate surface area is 234 Å². The molecular weight excluding hydrogens is 547 g/mol. The summed E-state index contributed by atoms with van der Waals surface area (Å²) in [5.41, 5.74) is 6.33. The second kappa shape index (κ2) is 9.73. The number of nitrogen functional groups attached to an aromatic ring is 1. The van der Waals surface area contributed by atoms with Crippen LogP contribution in [0.4, 0.5) is 23.8 Å². The smallest absolute Gasteiger partial charge is 0.416 e. The average molecular weight is 576 g/mol. The number of hydrogen-bond acceptors (Lipinski definition) is 6.